The summed E-state index contributed by atoms with van der Waals surface area (Å²) in [4.78, 5) is 4.24. The summed E-state index contributed by atoms with van der Waals surface area (Å²) in [5.74, 6) is -0.351. The predicted molar refractivity (Wildman–Crippen MR) is 101 cm³/mol. The molecule has 0 bridgehead atoms. The van der Waals surface area contributed by atoms with Crippen LogP contribution in [-0.4, -0.2) is 56.0 Å². The Bertz CT molecular complexity index is 1040. The van der Waals surface area contributed by atoms with Crippen molar-refractivity contribution in [2.75, 3.05) is 31.1 Å². The summed E-state index contributed by atoms with van der Waals surface area (Å²) in [6.07, 6.45) is -4.62. The maximum Gasteiger partial charge on any atom is 0.453 e. The smallest absolute Gasteiger partial charge is 0.453 e. The molecule has 0 unspecified atom stereocenters. The van der Waals surface area contributed by atoms with Gasteiger partial charge in [0.15, 0.2) is 11.5 Å². The van der Waals surface area contributed by atoms with Crippen LogP contribution in [0.3, 0.4) is 0 Å². The lowest BCUT2D eigenvalue weighted by atomic mass is 10.1. The molecule has 29 heavy (non-hydrogen) atoms. The average Bonchev–Trinajstić information content (AvgIpc) is 3.10. The number of nitrogens with zero attached hydrogens (tertiary/aromatic N) is 6. The summed E-state index contributed by atoms with van der Waals surface area (Å²) >= 11 is 0. The van der Waals surface area contributed by atoms with Crippen LogP contribution in [0.25, 0.3) is 5.65 Å². The lowest BCUT2D eigenvalue weighted by Gasteiger charge is -2.36. The van der Waals surface area contributed by atoms with Crippen LogP contribution in [0, 0.1) is 13.8 Å². The van der Waals surface area contributed by atoms with Crippen molar-refractivity contribution < 1.29 is 18.3 Å². The fraction of sp³-hybridized carbons (Fsp3) is 0.421. The first-order valence-corrected chi connectivity index (χ1v) is 9.29. The molecule has 3 heterocycles. The van der Waals surface area contributed by atoms with E-state index in [0.717, 1.165) is 28.7 Å². The number of benzene rings is 1. The summed E-state index contributed by atoms with van der Waals surface area (Å²) < 4.78 is 40.5. The lowest BCUT2D eigenvalue weighted by Crippen LogP contribution is -2.46. The van der Waals surface area contributed by atoms with Crippen LogP contribution in [0.1, 0.15) is 22.5 Å². The SMILES string of the molecule is Cc1c(N2CCN(Cc3cccc(O)c3)CC2)nn2c(C(F)(F)F)nnc2c1C. The Labute approximate surface area is 165 Å². The maximum absolute atomic E-state index is 13.2. The van der Waals surface area contributed by atoms with Gasteiger partial charge >= 0.3 is 6.18 Å². The van der Waals surface area contributed by atoms with Gasteiger partial charge in [0.25, 0.3) is 5.82 Å². The van der Waals surface area contributed by atoms with E-state index in [0.29, 0.717) is 31.0 Å². The van der Waals surface area contributed by atoms with E-state index in [4.69, 9.17) is 0 Å². The molecule has 1 fully saturated rings. The second-order valence-electron chi connectivity index (χ2n) is 7.26. The highest BCUT2D eigenvalue weighted by atomic mass is 19.4. The van der Waals surface area contributed by atoms with Crippen molar-refractivity contribution >= 4 is 11.5 Å². The second kappa shape index (κ2) is 7.18. The number of anilines is 1. The summed E-state index contributed by atoms with van der Waals surface area (Å²) in [5, 5.41) is 20.8. The van der Waals surface area contributed by atoms with E-state index >= 15 is 0 Å². The number of phenols is 1. The quantitative estimate of drug-likeness (QED) is 0.722. The van der Waals surface area contributed by atoms with Crippen molar-refractivity contribution in [2.45, 2.75) is 26.6 Å². The van der Waals surface area contributed by atoms with E-state index in [1.165, 1.54) is 0 Å². The molecule has 1 aromatic carbocycles. The number of aryl methyl sites for hydroxylation is 1. The standard InChI is InChI=1S/C19H21F3N6O/c1-12-13(2)17(25-28-16(12)23-24-18(28)19(20,21)22)27-8-6-26(7-9-27)11-14-4-3-5-15(29)10-14/h3-5,10,29H,6-9,11H2,1-2H3. The first-order valence-electron chi connectivity index (χ1n) is 9.29. The average molecular weight is 406 g/mol. The van der Waals surface area contributed by atoms with Crippen LogP contribution in [-0.2, 0) is 12.7 Å². The molecule has 2 aromatic heterocycles. The molecule has 1 N–H and O–H groups in total. The van der Waals surface area contributed by atoms with Crippen LogP contribution in [0.2, 0.25) is 0 Å². The fourth-order valence-corrected chi connectivity index (χ4v) is 3.62. The summed E-state index contributed by atoms with van der Waals surface area (Å²) in [5.41, 5.74) is 2.59. The molecule has 0 radical (unpaired) electrons. The molecule has 0 aliphatic carbocycles. The predicted octanol–water partition coefficient (Wildman–Crippen LogP) is 2.79. The van der Waals surface area contributed by atoms with Crippen LogP contribution in [0.15, 0.2) is 24.3 Å². The number of halogens is 3. The summed E-state index contributed by atoms with van der Waals surface area (Å²) in [6, 6.07) is 7.14. The third kappa shape index (κ3) is 3.71. The van der Waals surface area contributed by atoms with Gasteiger partial charge < -0.3 is 10.0 Å². The molecule has 7 nitrogen and oxygen atoms in total. The van der Waals surface area contributed by atoms with Gasteiger partial charge in [-0.3, -0.25) is 4.90 Å². The first kappa shape index (κ1) is 19.4. The van der Waals surface area contributed by atoms with Gasteiger partial charge in [-0.15, -0.1) is 15.3 Å². The van der Waals surface area contributed by atoms with E-state index in [-0.39, 0.29) is 11.4 Å². The van der Waals surface area contributed by atoms with Crippen LogP contribution >= 0.6 is 0 Å². The molecule has 0 spiro atoms. The van der Waals surface area contributed by atoms with Gasteiger partial charge in [-0.05, 0) is 31.5 Å². The molecule has 1 aliphatic rings. The molecule has 4 rings (SSSR count). The van der Waals surface area contributed by atoms with Crippen LogP contribution in [0.4, 0.5) is 19.0 Å². The van der Waals surface area contributed by atoms with E-state index in [1.807, 2.05) is 24.0 Å². The number of aromatic nitrogens is 4. The second-order valence-corrected chi connectivity index (χ2v) is 7.26. The number of alkyl halides is 3. The Kier molecular flexibility index (Phi) is 4.81. The highest BCUT2D eigenvalue weighted by molar-refractivity contribution is 5.59. The first-order chi connectivity index (χ1) is 13.7. The number of piperazine rings is 1. The van der Waals surface area contributed by atoms with Gasteiger partial charge in [-0.1, -0.05) is 12.1 Å². The van der Waals surface area contributed by atoms with Gasteiger partial charge in [0.2, 0.25) is 0 Å². The van der Waals surface area contributed by atoms with Gasteiger partial charge in [0, 0.05) is 43.9 Å². The fourth-order valence-electron chi connectivity index (χ4n) is 3.62. The summed E-state index contributed by atoms with van der Waals surface area (Å²) in [7, 11) is 0. The number of phenolic OH excluding ortho intramolecular Hbond substituents is 1. The van der Waals surface area contributed by atoms with Crippen molar-refractivity contribution in [2.24, 2.45) is 0 Å². The van der Waals surface area contributed by atoms with Crippen molar-refractivity contribution in [3.63, 3.8) is 0 Å². The zero-order valence-corrected chi connectivity index (χ0v) is 16.1. The molecular formula is C19H21F3N6O. The van der Waals surface area contributed by atoms with Gasteiger partial charge in [0.05, 0.1) is 0 Å². The Morgan fingerprint density at radius 1 is 1.03 bits per heavy atom. The molecular weight excluding hydrogens is 385 g/mol. The molecule has 0 amide bonds. The third-order valence-electron chi connectivity index (χ3n) is 5.31. The van der Waals surface area contributed by atoms with Gasteiger partial charge in [-0.25, -0.2) is 0 Å². The van der Waals surface area contributed by atoms with E-state index in [9.17, 15) is 18.3 Å². The van der Waals surface area contributed by atoms with E-state index in [2.05, 4.69) is 20.2 Å². The number of aromatic hydroxyl groups is 1. The largest absolute Gasteiger partial charge is 0.508 e. The number of hydrogen-bond acceptors (Lipinski definition) is 6. The lowest BCUT2D eigenvalue weighted by molar-refractivity contribution is -0.146. The van der Waals surface area contributed by atoms with Crippen molar-refractivity contribution in [3.8, 4) is 5.75 Å². The van der Waals surface area contributed by atoms with Gasteiger partial charge in [0.1, 0.15) is 5.75 Å². The number of hydrogen-bond donors (Lipinski definition) is 1. The zero-order chi connectivity index (χ0) is 20.8. The Morgan fingerprint density at radius 2 is 1.76 bits per heavy atom. The Morgan fingerprint density at radius 3 is 2.41 bits per heavy atom. The molecule has 154 valence electrons. The normalized spacial score (nSPS) is 16.0. The monoisotopic (exact) mass is 406 g/mol. The highest BCUT2D eigenvalue weighted by Gasteiger charge is 2.38. The molecule has 1 aliphatic heterocycles. The minimum atomic E-state index is -4.62. The van der Waals surface area contributed by atoms with Crippen molar-refractivity contribution in [1.82, 2.24) is 24.7 Å². The Hall–Kier alpha value is -2.88. The third-order valence-corrected chi connectivity index (χ3v) is 5.31. The Balaban J connectivity index is 1.55. The van der Waals surface area contributed by atoms with Crippen LogP contribution in [0.5, 0.6) is 5.75 Å². The molecule has 0 saturated carbocycles. The van der Waals surface area contributed by atoms with Gasteiger partial charge in [-0.2, -0.15) is 17.7 Å². The zero-order valence-electron chi connectivity index (χ0n) is 16.1. The summed E-state index contributed by atoms with van der Waals surface area (Å²) in [6.45, 7) is 7.05. The van der Waals surface area contributed by atoms with Crippen molar-refractivity contribution in [1.29, 1.82) is 0 Å². The minimum Gasteiger partial charge on any atom is -0.508 e. The highest BCUT2D eigenvalue weighted by Crippen LogP contribution is 2.31. The molecule has 0 atom stereocenters. The number of rotatable bonds is 3. The van der Waals surface area contributed by atoms with E-state index in [1.54, 1.807) is 19.1 Å². The molecule has 1 saturated heterocycles. The molecule has 10 heteroatoms. The van der Waals surface area contributed by atoms with Crippen LogP contribution < -0.4 is 4.90 Å². The maximum atomic E-state index is 13.2. The topological polar surface area (TPSA) is 69.8 Å². The van der Waals surface area contributed by atoms with E-state index < -0.39 is 12.0 Å². The molecule has 3 aromatic rings. The van der Waals surface area contributed by atoms with Crippen molar-refractivity contribution in [3.05, 3.63) is 46.8 Å². The number of fused-ring (bicyclic) bond motifs is 1. The minimum absolute atomic E-state index is 0.126.